The first-order valence-corrected chi connectivity index (χ1v) is 12.2. The molecule has 1 aliphatic rings. The van der Waals surface area contributed by atoms with Gasteiger partial charge in [-0.05, 0) is 61.9 Å². The number of thiophene rings is 1. The summed E-state index contributed by atoms with van der Waals surface area (Å²) >= 11 is 6.97. The third-order valence-electron chi connectivity index (χ3n) is 5.37. The molecule has 2 aromatic heterocycles. The molecule has 0 radical (unpaired) electrons. The second-order valence-corrected chi connectivity index (χ2v) is 10.5. The van der Waals surface area contributed by atoms with Crippen LogP contribution in [0.3, 0.4) is 0 Å². The summed E-state index contributed by atoms with van der Waals surface area (Å²) in [4.78, 5) is 21.9. The third kappa shape index (κ3) is 4.71. The van der Waals surface area contributed by atoms with Crippen molar-refractivity contribution < 1.29 is 4.79 Å². The van der Waals surface area contributed by atoms with E-state index < -0.39 is 0 Å². The van der Waals surface area contributed by atoms with E-state index in [0.29, 0.717) is 5.92 Å². The summed E-state index contributed by atoms with van der Waals surface area (Å²) in [6, 6.07) is 10.4. The number of likely N-dealkylation sites (tertiary alicyclic amines) is 1. The fraction of sp³-hybridized carbons (Fsp3) is 0.304. The SMILES string of the molecule is Cc1ccsc1C=CC(=O)N1CCC(c2nc(-c3ccc(Br)cc3)c(C)s2)CC1. The van der Waals surface area contributed by atoms with E-state index in [2.05, 4.69) is 65.5 Å². The maximum atomic E-state index is 12.5. The van der Waals surface area contributed by atoms with Gasteiger partial charge in [0.05, 0.1) is 10.7 Å². The lowest BCUT2D eigenvalue weighted by Gasteiger charge is -2.30. The van der Waals surface area contributed by atoms with Crippen molar-refractivity contribution in [3.05, 3.63) is 66.6 Å². The number of benzene rings is 1. The highest BCUT2D eigenvalue weighted by molar-refractivity contribution is 9.10. The molecule has 1 amide bonds. The number of hydrogen-bond donors (Lipinski definition) is 0. The number of nitrogens with zero attached hydrogens (tertiary/aromatic N) is 2. The van der Waals surface area contributed by atoms with Gasteiger partial charge < -0.3 is 4.90 Å². The molecule has 4 rings (SSSR count). The standard InChI is InChI=1S/C23H23BrN2OS2/c1-15-11-14-28-20(15)7-8-21(27)26-12-9-18(10-13-26)23-25-22(16(2)29-23)17-3-5-19(24)6-4-17/h3-8,11,14,18H,9-10,12-13H2,1-2H3. The monoisotopic (exact) mass is 486 g/mol. The van der Waals surface area contributed by atoms with Gasteiger partial charge in [-0.15, -0.1) is 22.7 Å². The van der Waals surface area contributed by atoms with Crippen LogP contribution in [0.2, 0.25) is 0 Å². The van der Waals surface area contributed by atoms with Crippen LogP contribution >= 0.6 is 38.6 Å². The van der Waals surface area contributed by atoms with Gasteiger partial charge in [0.2, 0.25) is 5.91 Å². The van der Waals surface area contributed by atoms with Crippen LogP contribution in [-0.4, -0.2) is 28.9 Å². The Kier molecular flexibility index (Phi) is 6.32. The normalized spacial score (nSPS) is 15.3. The molecule has 3 aromatic rings. The third-order valence-corrected chi connectivity index (χ3v) is 8.01. The van der Waals surface area contributed by atoms with Gasteiger partial charge in [0.15, 0.2) is 0 Å². The highest BCUT2D eigenvalue weighted by atomic mass is 79.9. The highest BCUT2D eigenvalue weighted by Crippen LogP contribution is 2.36. The lowest BCUT2D eigenvalue weighted by molar-refractivity contribution is -0.126. The zero-order valence-electron chi connectivity index (χ0n) is 16.5. The van der Waals surface area contributed by atoms with Crippen molar-refractivity contribution in [3.63, 3.8) is 0 Å². The minimum absolute atomic E-state index is 0.113. The Morgan fingerprint density at radius 1 is 1.17 bits per heavy atom. The molecule has 1 fully saturated rings. The quantitative estimate of drug-likeness (QED) is 0.385. The second kappa shape index (κ2) is 8.94. The average molecular weight is 487 g/mol. The van der Waals surface area contributed by atoms with Crippen LogP contribution in [-0.2, 0) is 4.79 Å². The van der Waals surface area contributed by atoms with Crippen LogP contribution in [0.25, 0.3) is 17.3 Å². The summed E-state index contributed by atoms with van der Waals surface area (Å²) in [5.74, 6) is 0.553. The van der Waals surface area contributed by atoms with Crippen LogP contribution in [0.15, 0.2) is 46.3 Å². The Morgan fingerprint density at radius 2 is 1.90 bits per heavy atom. The van der Waals surface area contributed by atoms with Crippen LogP contribution in [0, 0.1) is 13.8 Å². The van der Waals surface area contributed by atoms with Crippen molar-refractivity contribution in [1.82, 2.24) is 9.88 Å². The van der Waals surface area contributed by atoms with Crippen LogP contribution in [0.1, 0.15) is 39.1 Å². The van der Waals surface area contributed by atoms with Crippen LogP contribution in [0.5, 0.6) is 0 Å². The van der Waals surface area contributed by atoms with Crippen LogP contribution in [0.4, 0.5) is 0 Å². The molecule has 1 aromatic carbocycles. The molecule has 0 saturated carbocycles. The van der Waals surface area contributed by atoms with Gasteiger partial charge in [0, 0.05) is 44.9 Å². The predicted octanol–water partition coefficient (Wildman–Crippen LogP) is 6.67. The van der Waals surface area contributed by atoms with E-state index in [1.165, 1.54) is 15.4 Å². The zero-order valence-corrected chi connectivity index (χ0v) is 19.7. The Balaban J connectivity index is 1.39. The van der Waals surface area contributed by atoms with Gasteiger partial charge in [-0.1, -0.05) is 28.1 Å². The molecule has 6 heteroatoms. The van der Waals surface area contributed by atoms with E-state index in [1.54, 1.807) is 28.7 Å². The molecule has 0 atom stereocenters. The number of carbonyl (C=O) groups is 1. The summed E-state index contributed by atoms with van der Waals surface area (Å²) in [5.41, 5.74) is 3.47. The smallest absolute Gasteiger partial charge is 0.246 e. The molecule has 0 aliphatic carbocycles. The van der Waals surface area contributed by atoms with Gasteiger partial charge in [0.1, 0.15) is 0 Å². The van der Waals surface area contributed by atoms with Crippen molar-refractivity contribution in [2.75, 3.05) is 13.1 Å². The Bertz CT molecular complexity index is 1030. The molecule has 3 heterocycles. The Morgan fingerprint density at radius 3 is 2.55 bits per heavy atom. The van der Waals surface area contributed by atoms with Crippen molar-refractivity contribution in [3.8, 4) is 11.3 Å². The summed E-state index contributed by atoms with van der Waals surface area (Å²) in [6.07, 6.45) is 5.62. The molecule has 1 saturated heterocycles. The van der Waals surface area contributed by atoms with Gasteiger partial charge in [-0.3, -0.25) is 4.79 Å². The van der Waals surface area contributed by atoms with Gasteiger partial charge >= 0.3 is 0 Å². The van der Waals surface area contributed by atoms with Crippen molar-refractivity contribution in [2.24, 2.45) is 0 Å². The number of amides is 1. The summed E-state index contributed by atoms with van der Waals surface area (Å²) < 4.78 is 1.08. The van der Waals surface area contributed by atoms with Gasteiger partial charge in [-0.25, -0.2) is 4.98 Å². The second-order valence-electron chi connectivity index (χ2n) is 7.36. The van der Waals surface area contributed by atoms with E-state index in [9.17, 15) is 4.79 Å². The van der Waals surface area contributed by atoms with E-state index in [-0.39, 0.29) is 5.91 Å². The lowest BCUT2D eigenvalue weighted by Crippen LogP contribution is -2.36. The van der Waals surface area contributed by atoms with E-state index in [0.717, 1.165) is 46.5 Å². The zero-order chi connectivity index (χ0) is 20.4. The highest BCUT2D eigenvalue weighted by Gasteiger charge is 2.25. The average Bonchev–Trinajstić information content (AvgIpc) is 3.32. The number of thiazole rings is 1. The number of carbonyl (C=O) groups excluding carboxylic acids is 1. The minimum Gasteiger partial charge on any atom is -0.339 e. The maximum Gasteiger partial charge on any atom is 0.246 e. The molecule has 1 aliphatic heterocycles. The molecule has 0 N–H and O–H groups in total. The van der Waals surface area contributed by atoms with E-state index in [4.69, 9.17) is 4.98 Å². The minimum atomic E-state index is 0.113. The molecule has 29 heavy (non-hydrogen) atoms. The number of halogens is 1. The Hall–Kier alpha value is -1.76. The summed E-state index contributed by atoms with van der Waals surface area (Å²) in [7, 11) is 0. The van der Waals surface area contributed by atoms with Gasteiger partial charge in [0.25, 0.3) is 0 Å². The largest absolute Gasteiger partial charge is 0.339 e. The molecule has 0 unspecified atom stereocenters. The number of hydrogen-bond acceptors (Lipinski definition) is 4. The lowest BCUT2D eigenvalue weighted by atomic mass is 9.97. The number of aromatic nitrogens is 1. The van der Waals surface area contributed by atoms with Crippen molar-refractivity contribution >= 4 is 50.6 Å². The first-order valence-electron chi connectivity index (χ1n) is 9.75. The molecule has 3 nitrogen and oxygen atoms in total. The first-order chi connectivity index (χ1) is 14.0. The summed E-state index contributed by atoms with van der Waals surface area (Å²) in [5, 5.41) is 3.26. The maximum absolute atomic E-state index is 12.5. The predicted molar refractivity (Wildman–Crippen MR) is 127 cm³/mol. The first kappa shape index (κ1) is 20.5. The fourth-order valence-electron chi connectivity index (χ4n) is 3.62. The molecule has 150 valence electrons. The molecule has 0 bridgehead atoms. The van der Waals surface area contributed by atoms with E-state index in [1.807, 2.05) is 11.0 Å². The molecule has 0 spiro atoms. The molecular formula is C23H23BrN2OS2. The van der Waals surface area contributed by atoms with Gasteiger partial charge in [-0.2, -0.15) is 0 Å². The molecular weight excluding hydrogens is 464 g/mol. The fourth-order valence-corrected chi connectivity index (χ4v) is 5.82. The number of rotatable bonds is 4. The van der Waals surface area contributed by atoms with E-state index >= 15 is 0 Å². The number of piperidine rings is 1. The van der Waals surface area contributed by atoms with Crippen molar-refractivity contribution in [2.45, 2.75) is 32.6 Å². The van der Waals surface area contributed by atoms with Crippen molar-refractivity contribution in [1.29, 1.82) is 0 Å². The Labute approximate surface area is 188 Å². The number of aryl methyl sites for hydroxylation is 2. The van der Waals surface area contributed by atoms with Crippen LogP contribution < -0.4 is 0 Å². The topological polar surface area (TPSA) is 33.2 Å². The summed E-state index contributed by atoms with van der Waals surface area (Å²) in [6.45, 7) is 5.81.